The van der Waals surface area contributed by atoms with E-state index in [0.29, 0.717) is 6.61 Å². The Kier molecular flexibility index (Phi) is 16.0. The van der Waals surface area contributed by atoms with Crippen molar-refractivity contribution >= 4 is 22.1 Å². The van der Waals surface area contributed by atoms with E-state index in [4.69, 9.17) is 24.1 Å². The average molecular weight is 459 g/mol. The number of aliphatic hydroxyl groups excluding tert-OH is 1. The molecule has 0 aliphatic rings. The van der Waals surface area contributed by atoms with Gasteiger partial charge in [-0.05, 0) is 41.5 Å². The highest BCUT2D eigenvalue weighted by molar-refractivity contribution is 7.85. The lowest BCUT2D eigenvalue weighted by Crippen LogP contribution is -2.24. The van der Waals surface area contributed by atoms with E-state index in [1.165, 1.54) is 0 Å². The SMILES string of the molecule is CC(C)(C)OC(=O)CCOCCO.CC(C)(C)OC(=O)CCOCCOS(C)(=O)=O. The maximum Gasteiger partial charge on any atom is 0.308 e. The van der Waals surface area contributed by atoms with Crippen LogP contribution >= 0.6 is 0 Å². The molecule has 0 aromatic heterocycles. The normalized spacial score (nSPS) is 12.0. The third kappa shape index (κ3) is 28.9. The van der Waals surface area contributed by atoms with E-state index >= 15 is 0 Å². The zero-order valence-corrected chi connectivity index (χ0v) is 20.0. The summed E-state index contributed by atoms with van der Waals surface area (Å²) in [6.45, 7) is 11.6. The molecule has 0 aliphatic heterocycles. The van der Waals surface area contributed by atoms with E-state index in [1.807, 2.05) is 20.8 Å². The van der Waals surface area contributed by atoms with Crippen molar-refractivity contribution in [3.05, 3.63) is 0 Å². The van der Waals surface area contributed by atoms with Gasteiger partial charge in [-0.2, -0.15) is 8.42 Å². The summed E-state index contributed by atoms with van der Waals surface area (Å²) >= 11 is 0. The molecule has 0 spiro atoms. The third-order valence-electron chi connectivity index (χ3n) is 2.50. The van der Waals surface area contributed by atoms with Crippen molar-refractivity contribution in [2.24, 2.45) is 0 Å². The Morgan fingerprint density at radius 1 is 0.733 bits per heavy atom. The third-order valence-corrected chi connectivity index (χ3v) is 3.10. The van der Waals surface area contributed by atoms with Gasteiger partial charge in [-0.1, -0.05) is 0 Å². The van der Waals surface area contributed by atoms with Crippen molar-refractivity contribution in [2.75, 3.05) is 45.9 Å². The highest BCUT2D eigenvalue weighted by Crippen LogP contribution is 2.08. The van der Waals surface area contributed by atoms with Gasteiger partial charge in [-0.25, -0.2) is 0 Å². The van der Waals surface area contributed by atoms with E-state index in [-0.39, 0.29) is 57.8 Å². The Labute approximate surface area is 180 Å². The van der Waals surface area contributed by atoms with Crippen LogP contribution in [0.2, 0.25) is 0 Å². The lowest BCUT2D eigenvalue weighted by molar-refractivity contribution is -0.157. The molecule has 0 amide bonds. The predicted molar refractivity (Wildman–Crippen MR) is 110 cm³/mol. The van der Waals surface area contributed by atoms with Crippen LogP contribution in [0.5, 0.6) is 0 Å². The predicted octanol–water partition coefficient (Wildman–Crippen LogP) is 1.44. The number of rotatable bonds is 12. The van der Waals surface area contributed by atoms with Crippen LogP contribution in [0.15, 0.2) is 0 Å². The van der Waals surface area contributed by atoms with Crippen LogP contribution < -0.4 is 0 Å². The first-order valence-corrected chi connectivity index (χ1v) is 11.4. The maximum atomic E-state index is 11.2. The van der Waals surface area contributed by atoms with Crippen molar-refractivity contribution in [1.29, 1.82) is 0 Å². The van der Waals surface area contributed by atoms with Gasteiger partial charge < -0.3 is 24.1 Å². The Hall–Kier alpha value is -1.27. The molecule has 0 radical (unpaired) electrons. The number of ether oxygens (including phenoxy) is 4. The van der Waals surface area contributed by atoms with E-state index in [1.54, 1.807) is 20.8 Å². The summed E-state index contributed by atoms with van der Waals surface area (Å²) in [4.78, 5) is 22.3. The Balaban J connectivity index is 0. The summed E-state index contributed by atoms with van der Waals surface area (Å²) in [5, 5.41) is 8.38. The smallest absolute Gasteiger partial charge is 0.308 e. The molecule has 0 aromatic carbocycles. The fraction of sp³-hybridized carbons (Fsp3) is 0.895. The summed E-state index contributed by atoms with van der Waals surface area (Å²) < 4.78 is 45.6. The fourth-order valence-corrected chi connectivity index (χ4v) is 1.98. The number of aliphatic hydroxyl groups is 1. The highest BCUT2D eigenvalue weighted by atomic mass is 32.2. The van der Waals surface area contributed by atoms with E-state index in [0.717, 1.165) is 6.26 Å². The number of carbonyl (C=O) groups is 2. The molecule has 0 bridgehead atoms. The summed E-state index contributed by atoms with van der Waals surface area (Å²) in [5.74, 6) is -0.619. The molecule has 11 heteroatoms. The van der Waals surface area contributed by atoms with Gasteiger partial charge in [0, 0.05) is 0 Å². The molecule has 0 aliphatic carbocycles. The number of carbonyl (C=O) groups excluding carboxylic acids is 2. The zero-order chi connectivity index (χ0) is 23.8. The molecule has 1 N–H and O–H groups in total. The minimum Gasteiger partial charge on any atom is -0.460 e. The summed E-state index contributed by atoms with van der Waals surface area (Å²) in [5.41, 5.74) is -0.940. The van der Waals surface area contributed by atoms with Crippen LogP contribution in [-0.2, 0) is 42.8 Å². The maximum absolute atomic E-state index is 11.2. The van der Waals surface area contributed by atoms with Crippen molar-refractivity contribution in [1.82, 2.24) is 0 Å². The summed E-state index contributed by atoms with van der Waals surface area (Å²) in [6.07, 6.45) is 1.33. The van der Waals surface area contributed by atoms with Gasteiger partial charge in [0.05, 0.1) is 58.7 Å². The van der Waals surface area contributed by atoms with Crippen LogP contribution in [0.3, 0.4) is 0 Å². The van der Waals surface area contributed by atoms with E-state index in [9.17, 15) is 18.0 Å². The van der Waals surface area contributed by atoms with E-state index < -0.39 is 21.3 Å². The molecule has 0 saturated heterocycles. The number of hydrogen-bond acceptors (Lipinski definition) is 10. The Morgan fingerprint density at radius 3 is 1.47 bits per heavy atom. The van der Waals surface area contributed by atoms with Crippen LogP contribution in [-0.4, -0.2) is 82.6 Å². The molecular formula is C19H38O10S. The fourth-order valence-electron chi connectivity index (χ4n) is 1.61. The molecule has 0 rings (SSSR count). The first-order valence-electron chi connectivity index (χ1n) is 9.60. The van der Waals surface area contributed by atoms with Crippen LogP contribution in [0, 0.1) is 0 Å². The van der Waals surface area contributed by atoms with Gasteiger partial charge in [0.2, 0.25) is 0 Å². The van der Waals surface area contributed by atoms with Gasteiger partial charge in [-0.15, -0.1) is 0 Å². The second-order valence-corrected chi connectivity index (χ2v) is 9.79. The van der Waals surface area contributed by atoms with Crippen LogP contribution in [0.4, 0.5) is 0 Å². The number of esters is 2. The van der Waals surface area contributed by atoms with Crippen molar-refractivity contribution in [3.63, 3.8) is 0 Å². The first kappa shape index (κ1) is 30.9. The lowest BCUT2D eigenvalue weighted by Gasteiger charge is -2.19. The topological polar surface area (TPSA) is 135 Å². The molecule has 0 aromatic rings. The number of hydrogen-bond donors (Lipinski definition) is 1. The minimum absolute atomic E-state index is 0.0195. The quantitative estimate of drug-likeness (QED) is 0.260. The summed E-state index contributed by atoms with van der Waals surface area (Å²) in [6, 6.07) is 0. The van der Waals surface area contributed by atoms with Gasteiger partial charge >= 0.3 is 11.9 Å². The molecular weight excluding hydrogens is 420 g/mol. The first-order chi connectivity index (χ1) is 13.6. The monoisotopic (exact) mass is 458 g/mol. The van der Waals surface area contributed by atoms with Gasteiger partial charge in [0.25, 0.3) is 10.1 Å². The average Bonchev–Trinajstić information content (AvgIpc) is 2.51. The second kappa shape index (κ2) is 15.5. The molecule has 0 unspecified atom stereocenters. The lowest BCUT2D eigenvalue weighted by atomic mass is 10.2. The second-order valence-electron chi connectivity index (χ2n) is 8.15. The largest absolute Gasteiger partial charge is 0.460 e. The van der Waals surface area contributed by atoms with Crippen molar-refractivity contribution in [3.8, 4) is 0 Å². The molecule has 0 heterocycles. The van der Waals surface area contributed by atoms with Crippen LogP contribution in [0.1, 0.15) is 54.4 Å². The minimum atomic E-state index is -3.42. The van der Waals surface area contributed by atoms with Crippen molar-refractivity contribution in [2.45, 2.75) is 65.6 Å². The Morgan fingerprint density at radius 2 is 1.13 bits per heavy atom. The zero-order valence-electron chi connectivity index (χ0n) is 19.2. The summed E-state index contributed by atoms with van der Waals surface area (Å²) in [7, 11) is -3.42. The van der Waals surface area contributed by atoms with E-state index in [2.05, 4.69) is 4.18 Å². The van der Waals surface area contributed by atoms with Gasteiger partial charge in [0.1, 0.15) is 11.2 Å². The Bertz CT molecular complexity index is 573. The molecule has 30 heavy (non-hydrogen) atoms. The molecule has 10 nitrogen and oxygen atoms in total. The standard InChI is InChI=1S/C10H20O6S.C9H18O4/c1-10(2,3)16-9(11)5-6-14-7-8-15-17(4,12)13;1-9(2,3)13-8(11)4-6-12-7-5-10/h5-8H2,1-4H3;10H,4-7H2,1-3H3. The van der Waals surface area contributed by atoms with Crippen molar-refractivity contribution < 1.29 is 46.2 Å². The molecule has 0 atom stereocenters. The molecule has 180 valence electrons. The highest BCUT2D eigenvalue weighted by Gasteiger charge is 2.16. The van der Waals surface area contributed by atoms with Gasteiger partial charge in [-0.3, -0.25) is 13.8 Å². The van der Waals surface area contributed by atoms with Crippen LogP contribution in [0.25, 0.3) is 0 Å². The van der Waals surface area contributed by atoms with Gasteiger partial charge in [0.15, 0.2) is 0 Å². The molecule has 0 fully saturated rings. The molecule has 0 saturated carbocycles.